The van der Waals surface area contributed by atoms with Crippen LogP contribution in [-0.4, -0.2) is 31.7 Å². The van der Waals surface area contributed by atoms with Gasteiger partial charge in [-0.3, -0.25) is 9.59 Å². The van der Waals surface area contributed by atoms with Gasteiger partial charge in [0.1, 0.15) is 11.5 Å². The van der Waals surface area contributed by atoms with Gasteiger partial charge >= 0.3 is 11.8 Å². The molecule has 2 rings (SSSR count). The Hall–Kier alpha value is -3.35. The van der Waals surface area contributed by atoms with Gasteiger partial charge in [-0.15, -0.1) is 0 Å². The number of methoxy groups -OCH3 is 1. The molecule has 0 bridgehead atoms. The van der Waals surface area contributed by atoms with E-state index in [2.05, 4.69) is 15.8 Å². The molecule has 0 unspecified atom stereocenters. The summed E-state index contributed by atoms with van der Waals surface area (Å²) in [6.07, 6.45) is 2.35. The van der Waals surface area contributed by atoms with Crippen LogP contribution in [0, 0.1) is 0 Å². The summed E-state index contributed by atoms with van der Waals surface area (Å²) >= 11 is 0. The third kappa shape index (κ3) is 5.62. The zero-order valence-electron chi connectivity index (χ0n) is 14.7. The van der Waals surface area contributed by atoms with Crippen LogP contribution >= 0.6 is 0 Å². The zero-order chi connectivity index (χ0) is 18.8. The minimum Gasteiger partial charge on any atom is -0.495 e. The molecule has 2 aromatic carbocycles. The Morgan fingerprint density at radius 3 is 2.69 bits per heavy atom. The molecule has 0 heterocycles. The highest BCUT2D eigenvalue weighted by Gasteiger charge is 2.14. The minimum atomic E-state index is -0.884. The average Bonchev–Trinajstić information content (AvgIpc) is 2.67. The van der Waals surface area contributed by atoms with Crippen molar-refractivity contribution < 1.29 is 19.1 Å². The normalized spacial score (nSPS) is 10.4. The lowest BCUT2D eigenvalue weighted by Gasteiger charge is -2.08. The topological polar surface area (TPSA) is 89.0 Å². The van der Waals surface area contributed by atoms with E-state index in [0.717, 1.165) is 17.7 Å². The van der Waals surface area contributed by atoms with Crippen LogP contribution in [0.25, 0.3) is 0 Å². The maximum Gasteiger partial charge on any atom is 0.329 e. The first kappa shape index (κ1) is 19.0. The van der Waals surface area contributed by atoms with Crippen molar-refractivity contribution in [3.63, 3.8) is 0 Å². The van der Waals surface area contributed by atoms with E-state index in [1.807, 2.05) is 25.1 Å². The van der Waals surface area contributed by atoms with Gasteiger partial charge in [-0.2, -0.15) is 5.10 Å². The minimum absolute atomic E-state index is 0.403. The monoisotopic (exact) mass is 355 g/mol. The summed E-state index contributed by atoms with van der Waals surface area (Å²) in [5, 5.41) is 6.27. The quantitative estimate of drug-likeness (QED) is 0.454. The lowest BCUT2D eigenvalue weighted by atomic mass is 10.2. The van der Waals surface area contributed by atoms with Crippen molar-refractivity contribution in [3.8, 4) is 11.5 Å². The Morgan fingerprint density at radius 1 is 1.12 bits per heavy atom. The number of anilines is 1. The highest BCUT2D eigenvalue weighted by atomic mass is 16.5. The molecule has 0 aliphatic rings. The number of nitrogens with one attached hydrogen (secondary N) is 2. The van der Waals surface area contributed by atoms with Crippen molar-refractivity contribution in [2.24, 2.45) is 5.10 Å². The number of hydrogen-bond acceptors (Lipinski definition) is 5. The summed E-state index contributed by atoms with van der Waals surface area (Å²) < 4.78 is 10.6. The van der Waals surface area contributed by atoms with Crippen LogP contribution in [0.3, 0.4) is 0 Å². The third-order valence-electron chi connectivity index (χ3n) is 3.27. The molecular formula is C19H21N3O4. The number of amides is 2. The van der Waals surface area contributed by atoms with Gasteiger partial charge in [0.2, 0.25) is 0 Å². The molecule has 26 heavy (non-hydrogen) atoms. The van der Waals surface area contributed by atoms with Gasteiger partial charge in [-0.05, 0) is 36.2 Å². The molecule has 0 aromatic heterocycles. The summed E-state index contributed by atoms with van der Waals surface area (Å²) in [4.78, 5) is 23.8. The number of para-hydroxylation sites is 2. The van der Waals surface area contributed by atoms with Crippen LogP contribution in [-0.2, 0) is 9.59 Å². The first-order chi connectivity index (χ1) is 12.6. The van der Waals surface area contributed by atoms with Gasteiger partial charge in [-0.25, -0.2) is 5.43 Å². The smallest absolute Gasteiger partial charge is 0.329 e. The van der Waals surface area contributed by atoms with Gasteiger partial charge in [0.25, 0.3) is 0 Å². The Balaban J connectivity index is 1.91. The maximum atomic E-state index is 11.9. The Morgan fingerprint density at radius 2 is 1.92 bits per heavy atom. The predicted molar refractivity (Wildman–Crippen MR) is 99.6 cm³/mol. The Labute approximate surface area is 152 Å². The summed E-state index contributed by atoms with van der Waals surface area (Å²) in [5.41, 5.74) is 3.33. The van der Waals surface area contributed by atoms with Gasteiger partial charge < -0.3 is 14.8 Å². The van der Waals surface area contributed by atoms with Crippen molar-refractivity contribution in [2.75, 3.05) is 19.0 Å². The summed E-state index contributed by atoms with van der Waals surface area (Å²) in [6.45, 7) is 2.65. The second-order valence-corrected chi connectivity index (χ2v) is 5.27. The van der Waals surface area contributed by atoms with Gasteiger partial charge in [-0.1, -0.05) is 31.2 Å². The number of rotatable bonds is 7. The van der Waals surface area contributed by atoms with E-state index >= 15 is 0 Å². The highest BCUT2D eigenvalue weighted by molar-refractivity contribution is 6.39. The molecule has 0 spiro atoms. The van der Waals surface area contributed by atoms with Crippen LogP contribution in [0.1, 0.15) is 18.9 Å². The van der Waals surface area contributed by atoms with Crippen LogP contribution in [0.2, 0.25) is 0 Å². The molecule has 7 heteroatoms. The molecular weight excluding hydrogens is 334 g/mol. The van der Waals surface area contributed by atoms with Crippen molar-refractivity contribution in [3.05, 3.63) is 54.1 Å². The van der Waals surface area contributed by atoms with Crippen molar-refractivity contribution in [1.82, 2.24) is 5.43 Å². The number of carbonyl (C=O) groups excluding carboxylic acids is 2. The first-order valence-electron chi connectivity index (χ1n) is 8.14. The van der Waals surface area contributed by atoms with Crippen LogP contribution in [0.15, 0.2) is 53.6 Å². The molecule has 0 saturated heterocycles. The van der Waals surface area contributed by atoms with E-state index in [1.165, 1.54) is 13.3 Å². The van der Waals surface area contributed by atoms with E-state index in [9.17, 15) is 9.59 Å². The zero-order valence-corrected chi connectivity index (χ0v) is 14.7. The summed E-state index contributed by atoms with van der Waals surface area (Å²) in [6, 6.07) is 14.1. The van der Waals surface area contributed by atoms with E-state index in [-0.39, 0.29) is 0 Å². The molecule has 0 aliphatic heterocycles. The fourth-order valence-corrected chi connectivity index (χ4v) is 2.05. The van der Waals surface area contributed by atoms with Crippen molar-refractivity contribution in [2.45, 2.75) is 13.3 Å². The lowest BCUT2D eigenvalue weighted by Crippen LogP contribution is -2.32. The molecule has 2 N–H and O–H groups in total. The molecule has 2 amide bonds. The fraction of sp³-hybridized carbons (Fsp3) is 0.211. The van der Waals surface area contributed by atoms with Gasteiger partial charge in [0.15, 0.2) is 0 Å². The molecule has 2 aromatic rings. The second-order valence-electron chi connectivity index (χ2n) is 5.27. The largest absolute Gasteiger partial charge is 0.495 e. The van der Waals surface area contributed by atoms with Crippen LogP contribution < -0.4 is 20.2 Å². The van der Waals surface area contributed by atoms with E-state index in [4.69, 9.17) is 9.47 Å². The number of nitrogens with zero attached hydrogens (tertiary/aromatic N) is 1. The van der Waals surface area contributed by atoms with E-state index in [1.54, 1.807) is 30.3 Å². The van der Waals surface area contributed by atoms with Gasteiger partial charge in [0, 0.05) is 0 Å². The third-order valence-corrected chi connectivity index (χ3v) is 3.27. The van der Waals surface area contributed by atoms with Crippen LogP contribution in [0.5, 0.6) is 11.5 Å². The Bertz CT molecular complexity index is 790. The number of ether oxygens (including phenoxy) is 2. The summed E-state index contributed by atoms with van der Waals surface area (Å²) in [5.74, 6) is -0.547. The standard InChI is InChI=1S/C19H21N3O4/c1-3-11-26-15-8-6-7-14(12-15)13-20-22-19(24)18(23)21-16-9-4-5-10-17(16)25-2/h4-10,12-13H,3,11H2,1-2H3,(H,21,23)(H,22,24)/b20-13-. The van der Waals surface area contributed by atoms with Gasteiger partial charge in [0.05, 0.1) is 25.6 Å². The van der Waals surface area contributed by atoms with Crippen molar-refractivity contribution in [1.29, 1.82) is 0 Å². The molecule has 0 fully saturated rings. The number of hydrazone groups is 1. The molecule has 0 aliphatic carbocycles. The maximum absolute atomic E-state index is 11.9. The SMILES string of the molecule is CCCOc1cccc(/C=N\NC(=O)C(=O)Nc2ccccc2OC)c1. The Kier molecular flexibility index (Phi) is 7.17. The number of hydrogen-bond donors (Lipinski definition) is 2. The number of benzene rings is 2. The van der Waals surface area contributed by atoms with Crippen LogP contribution in [0.4, 0.5) is 5.69 Å². The molecule has 136 valence electrons. The number of carbonyl (C=O) groups is 2. The predicted octanol–water partition coefficient (Wildman–Crippen LogP) is 2.57. The molecule has 0 radical (unpaired) electrons. The highest BCUT2D eigenvalue weighted by Crippen LogP contribution is 2.22. The second kappa shape index (κ2) is 9.83. The van der Waals surface area contributed by atoms with E-state index in [0.29, 0.717) is 18.0 Å². The average molecular weight is 355 g/mol. The van der Waals surface area contributed by atoms with E-state index < -0.39 is 11.8 Å². The molecule has 7 nitrogen and oxygen atoms in total. The van der Waals surface area contributed by atoms with Crippen molar-refractivity contribution >= 4 is 23.7 Å². The fourth-order valence-electron chi connectivity index (χ4n) is 2.05. The molecule has 0 atom stereocenters. The molecule has 0 saturated carbocycles. The first-order valence-corrected chi connectivity index (χ1v) is 8.14. The lowest BCUT2D eigenvalue weighted by molar-refractivity contribution is -0.136. The summed E-state index contributed by atoms with van der Waals surface area (Å²) in [7, 11) is 1.48.